The maximum atomic E-state index is 12.1. The third-order valence-electron chi connectivity index (χ3n) is 3.19. The second-order valence-corrected chi connectivity index (χ2v) is 6.88. The number of primary sulfonamides is 1. The molecule has 0 aliphatic rings. The normalized spacial score (nSPS) is 11.2. The first-order valence-electron chi connectivity index (χ1n) is 6.80. The average molecular weight is 388 g/mol. The molecule has 1 aromatic carbocycles. The van der Waals surface area contributed by atoms with E-state index in [0.29, 0.717) is 5.76 Å². The summed E-state index contributed by atoms with van der Waals surface area (Å²) in [6.45, 7) is 1.30. The van der Waals surface area contributed by atoms with Gasteiger partial charge in [-0.2, -0.15) is 0 Å². The summed E-state index contributed by atoms with van der Waals surface area (Å²) < 4.78 is 37.8. The first-order valence-corrected chi connectivity index (χ1v) is 8.73. The molecule has 0 saturated carbocycles. The summed E-state index contributed by atoms with van der Waals surface area (Å²) >= 11 is 5.75. The number of sulfonamides is 1. The first-order chi connectivity index (χ1) is 11.6. The smallest absolute Gasteiger partial charge is 0.341 e. The zero-order valence-electron chi connectivity index (χ0n) is 13.2. The second-order valence-electron chi connectivity index (χ2n) is 4.94. The van der Waals surface area contributed by atoms with Crippen molar-refractivity contribution >= 4 is 33.6 Å². The van der Waals surface area contributed by atoms with Crippen molar-refractivity contribution in [3.63, 3.8) is 0 Å². The summed E-state index contributed by atoms with van der Waals surface area (Å²) in [5.74, 6) is -0.836. The average Bonchev–Trinajstić information content (AvgIpc) is 2.92. The van der Waals surface area contributed by atoms with Crippen LogP contribution >= 0.6 is 11.6 Å². The summed E-state index contributed by atoms with van der Waals surface area (Å²) in [6.07, 6.45) is 0. The van der Waals surface area contributed by atoms with E-state index >= 15 is 0 Å². The molecule has 2 aromatic rings. The maximum Gasteiger partial charge on any atom is 0.341 e. The number of aryl methyl sites for hydroxylation is 1. The number of hydrogen-bond donors (Lipinski definition) is 1. The molecule has 0 unspecified atom stereocenters. The van der Waals surface area contributed by atoms with Gasteiger partial charge in [0, 0.05) is 0 Å². The maximum absolute atomic E-state index is 12.1. The highest BCUT2D eigenvalue weighted by Gasteiger charge is 2.19. The van der Waals surface area contributed by atoms with Gasteiger partial charge >= 0.3 is 11.9 Å². The van der Waals surface area contributed by atoms with Crippen LogP contribution in [0.1, 0.15) is 32.2 Å². The Balaban J connectivity index is 2.15. The van der Waals surface area contributed by atoms with Crippen molar-refractivity contribution in [2.45, 2.75) is 18.4 Å². The third kappa shape index (κ3) is 4.38. The Hall–Kier alpha value is -2.36. The Labute approximate surface area is 148 Å². The van der Waals surface area contributed by atoms with E-state index in [9.17, 15) is 18.0 Å². The highest BCUT2D eigenvalue weighted by atomic mass is 35.5. The minimum absolute atomic E-state index is 0.0510. The molecule has 0 fully saturated rings. The van der Waals surface area contributed by atoms with Gasteiger partial charge in [-0.05, 0) is 31.2 Å². The minimum Gasteiger partial charge on any atom is -0.465 e. The Bertz CT molecular complexity index is 933. The van der Waals surface area contributed by atoms with Crippen LogP contribution in [0.4, 0.5) is 0 Å². The lowest BCUT2D eigenvalue weighted by Gasteiger charge is -2.06. The zero-order valence-corrected chi connectivity index (χ0v) is 14.8. The van der Waals surface area contributed by atoms with Crippen LogP contribution in [0.25, 0.3) is 0 Å². The number of carbonyl (C=O) groups is 2. The second kappa shape index (κ2) is 7.26. The Kier molecular flexibility index (Phi) is 5.51. The summed E-state index contributed by atoms with van der Waals surface area (Å²) in [5, 5.41) is 4.92. The fourth-order valence-corrected chi connectivity index (χ4v) is 3.07. The summed E-state index contributed by atoms with van der Waals surface area (Å²) in [5.41, 5.74) is 0.168. The molecule has 1 heterocycles. The van der Waals surface area contributed by atoms with Crippen molar-refractivity contribution in [3.05, 3.63) is 51.9 Å². The van der Waals surface area contributed by atoms with E-state index in [0.717, 1.165) is 6.07 Å². The summed E-state index contributed by atoms with van der Waals surface area (Å²) in [7, 11) is -2.85. The van der Waals surface area contributed by atoms with Crippen molar-refractivity contribution in [2.75, 3.05) is 7.11 Å². The predicted octanol–water partition coefficient (Wildman–Crippen LogP) is 2.03. The lowest BCUT2D eigenvalue weighted by molar-refractivity contribution is 0.0443. The molecular formula is C15H14ClNO7S. The number of carbonyl (C=O) groups excluding carboxylic acids is 2. The zero-order chi connectivity index (χ0) is 18.8. The van der Waals surface area contributed by atoms with E-state index in [1.54, 1.807) is 6.92 Å². The van der Waals surface area contributed by atoms with Crippen LogP contribution in [0.3, 0.4) is 0 Å². The van der Waals surface area contributed by atoms with Gasteiger partial charge in [-0.15, -0.1) is 0 Å². The molecule has 0 aliphatic carbocycles. The highest BCUT2D eigenvalue weighted by molar-refractivity contribution is 7.89. The number of benzene rings is 1. The van der Waals surface area contributed by atoms with Gasteiger partial charge < -0.3 is 13.9 Å². The third-order valence-corrected chi connectivity index (χ3v) is 4.59. The molecule has 0 bridgehead atoms. The molecule has 10 heteroatoms. The molecule has 0 amide bonds. The van der Waals surface area contributed by atoms with Gasteiger partial charge in [0.05, 0.1) is 17.7 Å². The molecule has 1 aromatic heterocycles. The van der Waals surface area contributed by atoms with E-state index in [2.05, 4.69) is 4.74 Å². The van der Waals surface area contributed by atoms with Crippen molar-refractivity contribution in [1.82, 2.24) is 0 Å². The van der Waals surface area contributed by atoms with Gasteiger partial charge in [0.2, 0.25) is 10.0 Å². The Morgan fingerprint density at radius 3 is 2.52 bits per heavy atom. The van der Waals surface area contributed by atoms with E-state index in [1.807, 2.05) is 0 Å². The van der Waals surface area contributed by atoms with Gasteiger partial charge in [-0.25, -0.2) is 23.1 Å². The standard InChI is InChI=1S/C15H14ClNO7S/c1-8-11(15(19)22-2)6-10(24-8)7-23-14(18)9-3-4-12(16)13(5-9)25(17,20)21/h3-6H,7H2,1-2H3,(H2,17,20,21). The van der Waals surface area contributed by atoms with E-state index in [-0.39, 0.29) is 33.4 Å². The largest absolute Gasteiger partial charge is 0.465 e. The molecule has 8 nitrogen and oxygen atoms in total. The molecule has 0 spiro atoms. The lowest BCUT2D eigenvalue weighted by atomic mass is 10.2. The van der Waals surface area contributed by atoms with Crippen molar-refractivity contribution in [3.8, 4) is 0 Å². The van der Waals surface area contributed by atoms with Crippen molar-refractivity contribution < 1.29 is 31.9 Å². The fourth-order valence-electron chi connectivity index (χ4n) is 2.00. The molecule has 0 aliphatic heterocycles. The minimum atomic E-state index is -4.08. The quantitative estimate of drug-likeness (QED) is 0.777. The van der Waals surface area contributed by atoms with Gasteiger partial charge in [-0.1, -0.05) is 11.6 Å². The number of furan rings is 1. The van der Waals surface area contributed by atoms with Crippen LogP contribution in [-0.4, -0.2) is 27.5 Å². The number of hydrogen-bond acceptors (Lipinski definition) is 7. The summed E-state index contributed by atoms with van der Waals surface area (Å²) in [6, 6.07) is 4.94. The predicted molar refractivity (Wildman–Crippen MR) is 86.7 cm³/mol. The van der Waals surface area contributed by atoms with Crippen molar-refractivity contribution in [2.24, 2.45) is 5.14 Å². The van der Waals surface area contributed by atoms with Crippen LogP contribution < -0.4 is 5.14 Å². The van der Waals surface area contributed by atoms with Crippen LogP contribution in [0, 0.1) is 6.92 Å². The number of esters is 2. The Morgan fingerprint density at radius 1 is 1.24 bits per heavy atom. The first kappa shape index (κ1) is 19.0. The topological polar surface area (TPSA) is 126 Å². The van der Waals surface area contributed by atoms with E-state index in [1.165, 1.54) is 25.3 Å². The number of rotatable bonds is 5. The van der Waals surface area contributed by atoms with Gasteiger partial charge in [0.15, 0.2) is 0 Å². The summed E-state index contributed by atoms with van der Waals surface area (Å²) in [4.78, 5) is 23.2. The van der Waals surface area contributed by atoms with Gasteiger partial charge in [0.25, 0.3) is 0 Å². The fraction of sp³-hybridized carbons (Fsp3) is 0.200. The van der Waals surface area contributed by atoms with Crippen LogP contribution in [0.5, 0.6) is 0 Å². The molecular weight excluding hydrogens is 374 g/mol. The molecule has 2 rings (SSSR count). The SMILES string of the molecule is COC(=O)c1cc(COC(=O)c2ccc(Cl)c(S(N)(=O)=O)c2)oc1C. The number of nitrogens with two attached hydrogens (primary N) is 1. The molecule has 0 radical (unpaired) electrons. The number of halogens is 1. The van der Waals surface area contributed by atoms with E-state index in [4.69, 9.17) is 25.9 Å². The highest BCUT2D eigenvalue weighted by Crippen LogP contribution is 2.22. The lowest BCUT2D eigenvalue weighted by Crippen LogP contribution is -2.14. The van der Waals surface area contributed by atoms with E-state index < -0.39 is 22.0 Å². The van der Waals surface area contributed by atoms with Gasteiger partial charge in [0.1, 0.15) is 28.6 Å². The Morgan fingerprint density at radius 2 is 1.92 bits per heavy atom. The molecule has 2 N–H and O–H groups in total. The molecule has 25 heavy (non-hydrogen) atoms. The number of ether oxygens (including phenoxy) is 2. The number of methoxy groups -OCH3 is 1. The monoisotopic (exact) mass is 387 g/mol. The van der Waals surface area contributed by atoms with Crippen LogP contribution in [-0.2, 0) is 26.1 Å². The molecule has 134 valence electrons. The van der Waals surface area contributed by atoms with Crippen LogP contribution in [0.15, 0.2) is 33.6 Å². The molecule has 0 atom stereocenters. The van der Waals surface area contributed by atoms with Gasteiger partial charge in [-0.3, -0.25) is 0 Å². The van der Waals surface area contributed by atoms with Crippen LogP contribution in [0.2, 0.25) is 5.02 Å². The van der Waals surface area contributed by atoms with Crippen molar-refractivity contribution in [1.29, 1.82) is 0 Å². The molecule has 0 saturated heterocycles.